The number of benzene rings is 1. The van der Waals surface area contributed by atoms with Crippen LogP contribution in [0, 0.1) is 0 Å². The molecule has 0 bridgehead atoms. The monoisotopic (exact) mass is 543 g/mol. The molecular formula is C22H14Cl2F3N3S3. The van der Waals surface area contributed by atoms with Gasteiger partial charge in [0.15, 0.2) is 0 Å². The Labute approximate surface area is 210 Å². The quantitative estimate of drug-likeness (QED) is 0.187. The first-order chi connectivity index (χ1) is 15.8. The SMILES string of the molecule is FC(F)(F)c1cnc(Sc2nc(CSc3ccc(Cl)cc3)nc3sc4c(c23)CCC4)c(Cl)c1. The minimum atomic E-state index is -4.50. The highest BCUT2D eigenvalue weighted by Crippen LogP contribution is 2.44. The third-order valence-corrected chi connectivity index (χ3v) is 8.94. The zero-order valence-electron chi connectivity index (χ0n) is 16.7. The maximum atomic E-state index is 13.0. The fourth-order valence-corrected chi connectivity index (χ4v) is 6.99. The Balaban J connectivity index is 1.50. The minimum Gasteiger partial charge on any atom is -0.247 e. The fourth-order valence-electron chi connectivity index (χ4n) is 3.57. The molecule has 3 nitrogen and oxygen atoms in total. The summed E-state index contributed by atoms with van der Waals surface area (Å²) < 4.78 is 39.0. The van der Waals surface area contributed by atoms with Gasteiger partial charge >= 0.3 is 6.18 Å². The lowest BCUT2D eigenvalue weighted by Crippen LogP contribution is -2.05. The average molecular weight is 544 g/mol. The van der Waals surface area contributed by atoms with Crippen LogP contribution in [0.5, 0.6) is 0 Å². The molecule has 5 rings (SSSR count). The number of thiophene rings is 1. The van der Waals surface area contributed by atoms with Crippen LogP contribution in [0.2, 0.25) is 10.0 Å². The summed E-state index contributed by atoms with van der Waals surface area (Å²) in [6, 6.07) is 8.44. The molecule has 0 unspecified atom stereocenters. The largest absolute Gasteiger partial charge is 0.417 e. The van der Waals surface area contributed by atoms with Crippen molar-refractivity contribution in [3.05, 3.63) is 68.4 Å². The molecule has 0 atom stereocenters. The number of nitrogens with zero attached hydrogens (tertiary/aromatic N) is 3. The Hall–Kier alpha value is -1.52. The van der Waals surface area contributed by atoms with Crippen molar-refractivity contribution in [3.8, 4) is 0 Å². The van der Waals surface area contributed by atoms with Gasteiger partial charge in [0.25, 0.3) is 0 Å². The molecule has 0 amide bonds. The summed E-state index contributed by atoms with van der Waals surface area (Å²) in [5.74, 6) is 1.19. The first-order valence-corrected chi connectivity index (χ1v) is 13.3. The predicted molar refractivity (Wildman–Crippen MR) is 129 cm³/mol. The van der Waals surface area contributed by atoms with Crippen molar-refractivity contribution in [1.29, 1.82) is 0 Å². The number of hydrogen-bond donors (Lipinski definition) is 0. The summed E-state index contributed by atoms with van der Waals surface area (Å²) in [5.41, 5.74) is 0.360. The lowest BCUT2D eigenvalue weighted by Gasteiger charge is -2.10. The van der Waals surface area contributed by atoms with Gasteiger partial charge in [0, 0.05) is 26.4 Å². The minimum absolute atomic E-state index is 0.0504. The van der Waals surface area contributed by atoms with Crippen LogP contribution in [-0.2, 0) is 24.8 Å². The van der Waals surface area contributed by atoms with Crippen LogP contribution in [0.15, 0.2) is 51.5 Å². The van der Waals surface area contributed by atoms with Gasteiger partial charge in [-0.05, 0) is 66.9 Å². The third kappa shape index (κ3) is 4.98. The number of aromatic nitrogens is 3. The maximum Gasteiger partial charge on any atom is 0.417 e. The number of alkyl halides is 3. The van der Waals surface area contributed by atoms with E-state index < -0.39 is 11.7 Å². The summed E-state index contributed by atoms with van der Waals surface area (Å²) in [5, 5.41) is 2.56. The standard InChI is InChI=1S/C22H14Cl2F3N3S3/c23-12-4-6-13(7-5-12)31-10-17-29-20-18(14-2-1-3-16(14)32-20)21(30-17)33-19-15(24)8-11(9-28-19)22(25,26)27/h4-9H,1-3,10H2. The van der Waals surface area contributed by atoms with E-state index >= 15 is 0 Å². The van der Waals surface area contributed by atoms with Gasteiger partial charge in [0.05, 0.1) is 16.3 Å². The van der Waals surface area contributed by atoms with Crippen LogP contribution < -0.4 is 0 Å². The Kier molecular flexibility index (Phi) is 6.52. The van der Waals surface area contributed by atoms with Gasteiger partial charge in [0.1, 0.15) is 20.7 Å². The number of pyridine rings is 1. The highest BCUT2D eigenvalue weighted by atomic mass is 35.5. The zero-order valence-corrected chi connectivity index (χ0v) is 20.7. The smallest absolute Gasteiger partial charge is 0.247 e. The average Bonchev–Trinajstić information content (AvgIpc) is 3.35. The van der Waals surface area contributed by atoms with Crippen LogP contribution in [0.1, 0.15) is 28.2 Å². The number of hydrogen-bond acceptors (Lipinski definition) is 6. The Morgan fingerprint density at radius 1 is 1.03 bits per heavy atom. The summed E-state index contributed by atoms with van der Waals surface area (Å²) in [6.07, 6.45) is -0.660. The molecule has 3 aromatic heterocycles. The molecule has 1 aromatic carbocycles. The summed E-state index contributed by atoms with van der Waals surface area (Å²) >= 11 is 16.6. The van der Waals surface area contributed by atoms with Gasteiger partial charge in [-0.15, -0.1) is 23.1 Å². The van der Waals surface area contributed by atoms with Crippen LogP contribution in [0.3, 0.4) is 0 Å². The van der Waals surface area contributed by atoms with E-state index in [4.69, 9.17) is 33.2 Å². The fraction of sp³-hybridized carbons (Fsp3) is 0.227. The number of halogens is 5. The molecule has 0 aliphatic heterocycles. The normalized spacial score (nSPS) is 13.6. The second-order valence-corrected chi connectivity index (χ2v) is 11.3. The van der Waals surface area contributed by atoms with E-state index in [0.717, 1.165) is 46.6 Å². The molecule has 170 valence electrons. The predicted octanol–water partition coefficient (Wildman–Crippen LogP) is 8.34. The molecule has 0 spiro atoms. The van der Waals surface area contributed by atoms with E-state index in [1.807, 2.05) is 24.3 Å². The number of thioether (sulfide) groups is 1. The van der Waals surface area contributed by atoms with Gasteiger partial charge < -0.3 is 0 Å². The van der Waals surface area contributed by atoms with Gasteiger partial charge in [-0.3, -0.25) is 0 Å². The second kappa shape index (κ2) is 9.26. The molecule has 33 heavy (non-hydrogen) atoms. The molecule has 3 heterocycles. The van der Waals surface area contributed by atoms with Gasteiger partial charge in [0.2, 0.25) is 0 Å². The van der Waals surface area contributed by atoms with E-state index in [9.17, 15) is 13.2 Å². The van der Waals surface area contributed by atoms with E-state index in [-0.39, 0.29) is 5.02 Å². The molecule has 1 aliphatic carbocycles. The molecule has 1 aliphatic rings. The Bertz CT molecular complexity index is 1340. The maximum absolute atomic E-state index is 13.0. The van der Waals surface area contributed by atoms with Crippen LogP contribution >= 0.6 is 58.1 Å². The Morgan fingerprint density at radius 2 is 1.82 bits per heavy atom. The molecule has 0 N–H and O–H groups in total. The van der Waals surface area contributed by atoms with Crippen molar-refractivity contribution in [2.24, 2.45) is 0 Å². The number of aryl methyl sites for hydroxylation is 2. The lowest BCUT2D eigenvalue weighted by atomic mass is 10.2. The van der Waals surface area contributed by atoms with Crippen molar-refractivity contribution < 1.29 is 13.2 Å². The summed E-state index contributed by atoms with van der Waals surface area (Å²) in [4.78, 5) is 16.8. The van der Waals surface area contributed by atoms with E-state index in [1.54, 1.807) is 23.1 Å². The highest BCUT2D eigenvalue weighted by molar-refractivity contribution is 7.99. The van der Waals surface area contributed by atoms with Crippen molar-refractivity contribution >= 4 is 68.3 Å². The zero-order chi connectivity index (χ0) is 23.2. The van der Waals surface area contributed by atoms with Crippen molar-refractivity contribution in [2.75, 3.05) is 0 Å². The molecule has 0 saturated heterocycles. The van der Waals surface area contributed by atoms with Gasteiger partial charge in [-0.1, -0.05) is 23.2 Å². The summed E-state index contributed by atoms with van der Waals surface area (Å²) in [7, 11) is 0. The lowest BCUT2D eigenvalue weighted by molar-refractivity contribution is -0.137. The molecule has 0 fully saturated rings. The molecule has 11 heteroatoms. The molecule has 0 radical (unpaired) electrons. The van der Waals surface area contributed by atoms with Gasteiger partial charge in [-0.25, -0.2) is 15.0 Å². The third-order valence-electron chi connectivity index (χ3n) is 5.09. The van der Waals surface area contributed by atoms with Gasteiger partial charge in [-0.2, -0.15) is 13.2 Å². The molecule has 0 saturated carbocycles. The van der Waals surface area contributed by atoms with Crippen molar-refractivity contribution in [3.63, 3.8) is 0 Å². The van der Waals surface area contributed by atoms with Crippen LogP contribution in [0.25, 0.3) is 10.2 Å². The highest BCUT2D eigenvalue weighted by Gasteiger charge is 2.32. The van der Waals surface area contributed by atoms with Crippen LogP contribution in [-0.4, -0.2) is 15.0 Å². The first-order valence-electron chi connectivity index (χ1n) is 9.88. The van der Waals surface area contributed by atoms with Crippen molar-refractivity contribution in [1.82, 2.24) is 15.0 Å². The topological polar surface area (TPSA) is 38.7 Å². The van der Waals surface area contributed by atoms with E-state index in [1.165, 1.54) is 22.2 Å². The summed E-state index contributed by atoms with van der Waals surface area (Å²) in [6.45, 7) is 0. The van der Waals surface area contributed by atoms with E-state index in [2.05, 4.69) is 4.98 Å². The molecule has 4 aromatic rings. The molecular weight excluding hydrogens is 530 g/mol. The number of fused-ring (bicyclic) bond motifs is 3. The Morgan fingerprint density at radius 3 is 2.55 bits per heavy atom. The van der Waals surface area contributed by atoms with E-state index in [0.29, 0.717) is 26.7 Å². The first kappa shape index (κ1) is 23.2. The number of rotatable bonds is 5. The second-order valence-electron chi connectivity index (χ2n) is 7.34. The van der Waals surface area contributed by atoms with Crippen LogP contribution in [0.4, 0.5) is 13.2 Å². The van der Waals surface area contributed by atoms with Crippen molar-refractivity contribution in [2.45, 2.75) is 46.1 Å².